The number of hydrogen-bond acceptors (Lipinski definition) is 5. The molecule has 2 rings (SSSR count). The third kappa shape index (κ3) is 4.65. The fourth-order valence-electron chi connectivity index (χ4n) is 2.24. The third-order valence-electron chi connectivity index (χ3n) is 3.65. The van der Waals surface area contributed by atoms with Crippen molar-refractivity contribution in [2.24, 2.45) is 0 Å². The summed E-state index contributed by atoms with van der Waals surface area (Å²) in [6, 6.07) is 6.75. The summed E-state index contributed by atoms with van der Waals surface area (Å²) in [5, 5.41) is 3.36. The molecule has 0 unspecified atom stereocenters. The van der Waals surface area contributed by atoms with Gasteiger partial charge in [0.25, 0.3) is 0 Å². The second-order valence-electron chi connectivity index (χ2n) is 5.70. The minimum atomic E-state index is -3.27. The number of carbonyl (C=O) groups is 1. The Kier molecular flexibility index (Phi) is 5.40. The number of rotatable bonds is 6. The first-order valence-electron chi connectivity index (χ1n) is 7.38. The van der Waals surface area contributed by atoms with E-state index < -0.39 is 15.6 Å². The number of sulfonamides is 1. The van der Waals surface area contributed by atoms with Crippen molar-refractivity contribution in [3.8, 4) is 0 Å². The van der Waals surface area contributed by atoms with Gasteiger partial charge in [-0.25, -0.2) is 17.5 Å². The van der Waals surface area contributed by atoms with Crippen molar-refractivity contribution >= 4 is 26.9 Å². The summed E-state index contributed by atoms with van der Waals surface area (Å²) in [4.78, 5) is 23.7. The lowest BCUT2D eigenvalue weighted by molar-refractivity contribution is -0.120. The smallest absolute Gasteiger partial charge is 0.336 e. The Morgan fingerprint density at radius 3 is 2.67 bits per heavy atom. The molecule has 1 N–H and O–H groups in total. The van der Waals surface area contributed by atoms with Gasteiger partial charge in [0.05, 0.1) is 12.7 Å². The van der Waals surface area contributed by atoms with Gasteiger partial charge in [-0.1, -0.05) is 12.1 Å². The number of aryl methyl sites for hydroxylation is 1. The van der Waals surface area contributed by atoms with Crippen molar-refractivity contribution in [3.05, 3.63) is 45.8 Å². The molecule has 1 aromatic carbocycles. The molecule has 0 spiro atoms. The molecule has 8 heteroatoms. The first-order chi connectivity index (χ1) is 11.2. The van der Waals surface area contributed by atoms with Crippen molar-refractivity contribution in [2.75, 3.05) is 26.4 Å². The van der Waals surface area contributed by atoms with Gasteiger partial charge in [-0.3, -0.25) is 4.79 Å². The second kappa shape index (κ2) is 7.14. The van der Waals surface area contributed by atoms with Crippen molar-refractivity contribution < 1.29 is 17.6 Å². The van der Waals surface area contributed by atoms with Gasteiger partial charge in [0.15, 0.2) is 0 Å². The van der Waals surface area contributed by atoms with Crippen LogP contribution in [0.1, 0.15) is 11.1 Å². The lowest BCUT2D eigenvalue weighted by Gasteiger charge is -2.14. The van der Waals surface area contributed by atoms with Gasteiger partial charge in [-0.2, -0.15) is 0 Å². The zero-order chi connectivity index (χ0) is 17.9. The van der Waals surface area contributed by atoms with Crippen LogP contribution in [-0.4, -0.2) is 45.0 Å². The molecule has 0 aliphatic heterocycles. The molecule has 7 nitrogen and oxygen atoms in total. The van der Waals surface area contributed by atoms with E-state index in [0.717, 1.165) is 16.1 Å². The number of nitrogens with zero attached hydrogens (tertiary/aromatic N) is 1. The Morgan fingerprint density at radius 1 is 1.29 bits per heavy atom. The molecule has 130 valence electrons. The highest BCUT2D eigenvalue weighted by molar-refractivity contribution is 7.88. The minimum Gasteiger partial charge on any atom is -0.423 e. The molecule has 2 aromatic rings. The lowest BCUT2D eigenvalue weighted by Crippen LogP contribution is -2.36. The fourth-order valence-corrected chi connectivity index (χ4v) is 2.66. The van der Waals surface area contributed by atoms with Crippen LogP contribution in [0.3, 0.4) is 0 Å². The molecule has 0 aliphatic rings. The highest BCUT2D eigenvalue weighted by atomic mass is 32.2. The molecule has 0 aliphatic carbocycles. The number of amides is 1. The largest absolute Gasteiger partial charge is 0.423 e. The van der Waals surface area contributed by atoms with Crippen LogP contribution in [-0.2, 0) is 21.2 Å². The van der Waals surface area contributed by atoms with Crippen LogP contribution in [0, 0.1) is 6.92 Å². The lowest BCUT2D eigenvalue weighted by atomic mass is 10.1. The molecule has 0 bridgehead atoms. The summed E-state index contributed by atoms with van der Waals surface area (Å²) in [6.45, 7) is 2.26. The number of nitrogens with one attached hydrogen (secondary N) is 1. The van der Waals surface area contributed by atoms with E-state index in [9.17, 15) is 18.0 Å². The Bertz CT molecular complexity index is 918. The maximum Gasteiger partial charge on any atom is 0.336 e. The van der Waals surface area contributed by atoms with Crippen LogP contribution < -0.4 is 10.9 Å². The number of likely N-dealkylation sites (N-methyl/N-ethyl adjacent to an activating group) is 1. The third-order valence-corrected chi connectivity index (χ3v) is 4.97. The predicted octanol–water partition coefficient (Wildman–Crippen LogP) is 0.652. The maximum absolute atomic E-state index is 12.1. The number of benzene rings is 1. The molecule has 1 aromatic heterocycles. The monoisotopic (exact) mass is 352 g/mol. The zero-order valence-electron chi connectivity index (χ0n) is 13.8. The standard InChI is InChI=1S/C16H20N2O5S/c1-11-4-5-13-12(10-16(20)23-14(13)8-11)9-15(19)17-6-7-18(2)24(3,21)22/h4-5,8,10H,6-7,9H2,1-3H3,(H,17,19). The second-order valence-corrected chi connectivity index (χ2v) is 7.79. The summed E-state index contributed by atoms with van der Waals surface area (Å²) in [5.74, 6) is -0.288. The summed E-state index contributed by atoms with van der Waals surface area (Å²) < 4.78 is 28.9. The van der Waals surface area contributed by atoms with E-state index in [1.54, 1.807) is 6.07 Å². The SMILES string of the molecule is Cc1ccc2c(CC(=O)NCCN(C)S(C)(=O)=O)cc(=O)oc2c1. The topological polar surface area (TPSA) is 96.7 Å². The fraction of sp³-hybridized carbons (Fsp3) is 0.375. The van der Waals surface area contributed by atoms with E-state index in [-0.39, 0.29) is 25.4 Å². The van der Waals surface area contributed by atoms with Crippen LogP contribution in [0.5, 0.6) is 0 Å². The van der Waals surface area contributed by atoms with Crippen molar-refractivity contribution in [1.82, 2.24) is 9.62 Å². The molecular weight excluding hydrogens is 332 g/mol. The zero-order valence-corrected chi connectivity index (χ0v) is 14.6. The van der Waals surface area contributed by atoms with E-state index in [0.29, 0.717) is 16.5 Å². The Balaban J connectivity index is 2.07. The quantitative estimate of drug-likeness (QED) is 0.770. The summed E-state index contributed by atoms with van der Waals surface area (Å²) in [5.41, 5.74) is 1.47. The van der Waals surface area contributed by atoms with Crippen LogP contribution >= 0.6 is 0 Å². The molecular formula is C16H20N2O5S. The van der Waals surface area contributed by atoms with Crippen LogP contribution in [0.15, 0.2) is 33.5 Å². The highest BCUT2D eigenvalue weighted by Gasteiger charge is 2.12. The molecule has 0 atom stereocenters. The van der Waals surface area contributed by atoms with E-state index in [2.05, 4.69) is 5.32 Å². The van der Waals surface area contributed by atoms with Gasteiger partial charge in [0.1, 0.15) is 5.58 Å². The van der Waals surface area contributed by atoms with E-state index >= 15 is 0 Å². The predicted molar refractivity (Wildman–Crippen MR) is 91.4 cm³/mol. The Morgan fingerprint density at radius 2 is 2.00 bits per heavy atom. The van der Waals surface area contributed by atoms with E-state index in [1.165, 1.54) is 13.1 Å². The number of hydrogen-bond donors (Lipinski definition) is 1. The van der Waals surface area contributed by atoms with Crippen LogP contribution in [0.4, 0.5) is 0 Å². The normalized spacial score (nSPS) is 11.8. The van der Waals surface area contributed by atoms with E-state index in [4.69, 9.17) is 4.42 Å². The molecule has 0 saturated heterocycles. The first-order valence-corrected chi connectivity index (χ1v) is 9.23. The van der Waals surface area contributed by atoms with Crippen molar-refractivity contribution in [2.45, 2.75) is 13.3 Å². The molecule has 1 amide bonds. The van der Waals surface area contributed by atoms with Crippen LogP contribution in [0.2, 0.25) is 0 Å². The van der Waals surface area contributed by atoms with E-state index in [1.807, 2.05) is 19.1 Å². The number of fused-ring (bicyclic) bond motifs is 1. The molecule has 1 heterocycles. The molecule has 24 heavy (non-hydrogen) atoms. The highest BCUT2D eigenvalue weighted by Crippen LogP contribution is 2.18. The Hall–Kier alpha value is -2.19. The van der Waals surface area contributed by atoms with Crippen LogP contribution in [0.25, 0.3) is 11.0 Å². The molecule has 0 saturated carbocycles. The minimum absolute atomic E-state index is 0.0216. The van der Waals surface area contributed by atoms with Gasteiger partial charge >= 0.3 is 5.63 Å². The number of carbonyl (C=O) groups excluding carboxylic acids is 1. The van der Waals surface area contributed by atoms with Gasteiger partial charge in [-0.05, 0) is 24.1 Å². The van der Waals surface area contributed by atoms with Crippen molar-refractivity contribution in [3.63, 3.8) is 0 Å². The maximum atomic E-state index is 12.1. The van der Waals surface area contributed by atoms with Gasteiger partial charge in [0.2, 0.25) is 15.9 Å². The average Bonchev–Trinajstić information content (AvgIpc) is 2.45. The first kappa shape index (κ1) is 18.2. The average molecular weight is 352 g/mol. The van der Waals surface area contributed by atoms with Gasteiger partial charge in [-0.15, -0.1) is 0 Å². The summed E-state index contributed by atoms with van der Waals surface area (Å²) >= 11 is 0. The Labute approximate surface area is 140 Å². The van der Waals surface area contributed by atoms with Gasteiger partial charge < -0.3 is 9.73 Å². The molecule has 0 radical (unpaired) electrons. The van der Waals surface area contributed by atoms with Gasteiger partial charge in [0, 0.05) is 31.6 Å². The summed E-state index contributed by atoms with van der Waals surface area (Å²) in [6.07, 6.45) is 1.12. The molecule has 0 fully saturated rings. The van der Waals surface area contributed by atoms with Crippen molar-refractivity contribution in [1.29, 1.82) is 0 Å². The summed E-state index contributed by atoms with van der Waals surface area (Å²) in [7, 11) is -1.83.